The predicted octanol–water partition coefficient (Wildman–Crippen LogP) is 4.13. The highest BCUT2D eigenvalue weighted by Crippen LogP contribution is 2.31. The van der Waals surface area contributed by atoms with Gasteiger partial charge in [0.25, 0.3) is 0 Å². The summed E-state index contributed by atoms with van der Waals surface area (Å²) in [4.78, 5) is 2.55. The van der Waals surface area contributed by atoms with E-state index in [4.69, 9.17) is 23.2 Å². The highest BCUT2D eigenvalue weighted by molar-refractivity contribution is 6.34. The van der Waals surface area contributed by atoms with Crippen molar-refractivity contribution in [1.29, 1.82) is 0 Å². The molecule has 1 aliphatic rings. The lowest BCUT2D eigenvalue weighted by Gasteiger charge is -2.35. The summed E-state index contributed by atoms with van der Waals surface area (Å²) >= 11 is 12.3. The Labute approximate surface area is 126 Å². The molecule has 0 aliphatic carbocycles. The van der Waals surface area contributed by atoms with Gasteiger partial charge in [-0.1, -0.05) is 43.0 Å². The van der Waals surface area contributed by atoms with Gasteiger partial charge in [0.15, 0.2) is 0 Å². The minimum atomic E-state index is 0.443. The van der Waals surface area contributed by atoms with Crippen LogP contribution in [0.1, 0.15) is 37.8 Å². The first-order valence-electron chi connectivity index (χ1n) is 7.11. The second kappa shape index (κ2) is 7.49. The Hall–Kier alpha value is -0.280. The van der Waals surface area contributed by atoms with Crippen LogP contribution in [0.25, 0.3) is 0 Å². The van der Waals surface area contributed by atoms with E-state index in [1.807, 2.05) is 0 Å². The summed E-state index contributed by atoms with van der Waals surface area (Å²) in [7, 11) is 0. The first kappa shape index (κ1) is 15.1. The van der Waals surface area contributed by atoms with Crippen molar-refractivity contribution in [3.05, 3.63) is 33.8 Å². The number of benzene rings is 1. The van der Waals surface area contributed by atoms with Crippen LogP contribution in [0.2, 0.25) is 10.0 Å². The van der Waals surface area contributed by atoms with Crippen molar-refractivity contribution in [2.75, 3.05) is 26.2 Å². The quantitative estimate of drug-likeness (QED) is 0.879. The van der Waals surface area contributed by atoms with Gasteiger partial charge in [-0.15, -0.1) is 0 Å². The number of hydrogen-bond donors (Lipinski definition) is 1. The molecule has 0 unspecified atom stereocenters. The lowest BCUT2D eigenvalue weighted by Crippen LogP contribution is -2.45. The first-order valence-corrected chi connectivity index (χ1v) is 7.87. The van der Waals surface area contributed by atoms with E-state index in [2.05, 4.69) is 29.3 Å². The normalized spacial score (nSPS) is 18.5. The van der Waals surface area contributed by atoms with Crippen LogP contribution < -0.4 is 5.32 Å². The van der Waals surface area contributed by atoms with Crippen LogP contribution in [0.4, 0.5) is 0 Å². The number of rotatable bonds is 5. The second-order valence-corrected chi connectivity index (χ2v) is 6.02. The van der Waals surface area contributed by atoms with E-state index >= 15 is 0 Å². The maximum Gasteiger partial charge on any atom is 0.0424 e. The van der Waals surface area contributed by atoms with Gasteiger partial charge in [0.05, 0.1) is 0 Å². The Balaban J connectivity index is 2.19. The molecule has 106 valence electrons. The zero-order valence-electron chi connectivity index (χ0n) is 11.5. The van der Waals surface area contributed by atoms with E-state index in [0.717, 1.165) is 36.2 Å². The molecular weight excluding hydrogens is 279 g/mol. The average Bonchev–Trinajstić information content (AvgIpc) is 2.39. The number of nitrogens with zero attached hydrogens (tertiary/aromatic N) is 1. The Kier molecular flexibility index (Phi) is 5.96. The lowest BCUT2D eigenvalue weighted by atomic mass is 9.99. The third-order valence-electron chi connectivity index (χ3n) is 3.69. The Bertz CT molecular complexity index is 383. The van der Waals surface area contributed by atoms with Crippen LogP contribution in [-0.2, 0) is 0 Å². The average molecular weight is 301 g/mol. The van der Waals surface area contributed by atoms with Crippen LogP contribution >= 0.6 is 23.2 Å². The van der Waals surface area contributed by atoms with Gasteiger partial charge in [-0.05, 0) is 30.2 Å². The van der Waals surface area contributed by atoms with E-state index in [9.17, 15) is 0 Å². The maximum absolute atomic E-state index is 6.15. The van der Waals surface area contributed by atoms with Crippen LogP contribution in [0.5, 0.6) is 0 Å². The summed E-state index contributed by atoms with van der Waals surface area (Å²) in [6, 6.07) is 6.38. The van der Waals surface area contributed by atoms with Crippen molar-refractivity contribution >= 4 is 23.2 Å². The molecule has 0 aromatic heterocycles. The molecule has 1 N–H and O–H groups in total. The molecule has 1 aromatic carbocycles. The summed E-state index contributed by atoms with van der Waals surface area (Å²) in [6.45, 7) is 6.56. The molecule has 1 saturated heterocycles. The fourth-order valence-corrected chi connectivity index (χ4v) is 3.26. The number of halogens is 2. The van der Waals surface area contributed by atoms with Gasteiger partial charge >= 0.3 is 0 Å². The van der Waals surface area contributed by atoms with Crippen molar-refractivity contribution in [3.63, 3.8) is 0 Å². The van der Waals surface area contributed by atoms with E-state index in [1.54, 1.807) is 6.07 Å². The molecule has 0 radical (unpaired) electrons. The molecule has 1 aromatic rings. The Morgan fingerprint density at radius 2 is 1.79 bits per heavy atom. The molecule has 1 heterocycles. The van der Waals surface area contributed by atoms with Gasteiger partial charge in [0, 0.05) is 42.3 Å². The van der Waals surface area contributed by atoms with Gasteiger partial charge in [-0.2, -0.15) is 0 Å². The molecule has 1 aliphatic heterocycles. The highest BCUT2D eigenvalue weighted by atomic mass is 35.5. The topological polar surface area (TPSA) is 15.3 Å². The fourth-order valence-electron chi connectivity index (χ4n) is 2.72. The minimum Gasteiger partial charge on any atom is -0.314 e. The molecular formula is C15H22Cl2N2. The third kappa shape index (κ3) is 4.35. The number of nitrogens with one attached hydrogen (secondary N) is 1. The third-order valence-corrected chi connectivity index (χ3v) is 4.13. The van der Waals surface area contributed by atoms with E-state index in [0.29, 0.717) is 6.04 Å². The molecule has 0 amide bonds. The lowest BCUT2D eigenvalue weighted by molar-refractivity contribution is 0.163. The van der Waals surface area contributed by atoms with Crippen molar-refractivity contribution in [3.8, 4) is 0 Å². The van der Waals surface area contributed by atoms with Gasteiger partial charge in [0.1, 0.15) is 0 Å². The molecule has 1 atom stereocenters. The molecule has 0 spiro atoms. The summed E-state index contributed by atoms with van der Waals surface area (Å²) in [5.74, 6) is 0. The smallest absolute Gasteiger partial charge is 0.0424 e. The predicted molar refractivity (Wildman–Crippen MR) is 83.2 cm³/mol. The SMILES string of the molecule is CCCC[C@@H](c1cc(Cl)cc(Cl)c1)N1CCNCC1. The van der Waals surface area contributed by atoms with Gasteiger partial charge < -0.3 is 5.32 Å². The minimum absolute atomic E-state index is 0.443. The van der Waals surface area contributed by atoms with E-state index in [1.165, 1.54) is 24.8 Å². The van der Waals surface area contributed by atoms with Crippen LogP contribution in [0.3, 0.4) is 0 Å². The van der Waals surface area contributed by atoms with Crippen LogP contribution in [0, 0.1) is 0 Å². The summed E-state index contributed by atoms with van der Waals surface area (Å²) < 4.78 is 0. The van der Waals surface area contributed by atoms with Gasteiger partial charge in [-0.3, -0.25) is 4.90 Å². The van der Waals surface area contributed by atoms with Crippen LogP contribution in [0.15, 0.2) is 18.2 Å². The first-order chi connectivity index (χ1) is 9.20. The molecule has 0 saturated carbocycles. The van der Waals surface area contributed by atoms with E-state index < -0.39 is 0 Å². The zero-order valence-corrected chi connectivity index (χ0v) is 13.0. The Morgan fingerprint density at radius 3 is 2.37 bits per heavy atom. The summed E-state index contributed by atoms with van der Waals surface area (Å²) in [6.07, 6.45) is 3.63. The highest BCUT2D eigenvalue weighted by Gasteiger charge is 2.22. The summed E-state index contributed by atoms with van der Waals surface area (Å²) in [5, 5.41) is 4.88. The standard InChI is InChI=1S/C15H22Cl2N2/c1-2-3-4-15(19-7-5-18-6-8-19)12-9-13(16)11-14(17)10-12/h9-11,15,18H,2-8H2,1H3/t15-/m0/s1. The van der Waals surface area contributed by atoms with E-state index in [-0.39, 0.29) is 0 Å². The molecule has 19 heavy (non-hydrogen) atoms. The van der Waals surface area contributed by atoms with Crippen molar-refractivity contribution in [2.45, 2.75) is 32.2 Å². The fraction of sp³-hybridized carbons (Fsp3) is 0.600. The number of hydrogen-bond acceptors (Lipinski definition) is 2. The zero-order chi connectivity index (χ0) is 13.7. The Morgan fingerprint density at radius 1 is 1.16 bits per heavy atom. The number of unbranched alkanes of at least 4 members (excludes halogenated alkanes) is 1. The second-order valence-electron chi connectivity index (χ2n) is 5.15. The van der Waals surface area contributed by atoms with Crippen LogP contribution in [-0.4, -0.2) is 31.1 Å². The molecule has 2 rings (SSSR count). The van der Waals surface area contributed by atoms with Crippen molar-refractivity contribution < 1.29 is 0 Å². The van der Waals surface area contributed by atoms with Crippen molar-refractivity contribution in [1.82, 2.24) is 10.2 Å². The summed E-state index contributed by atoms with van der Waals surface area (Å²) in [5.41, 5.74) is 1.26. The molecule has 1 fully saturated rings. The van der Waals surface area contributed by atoms with Gasteiger partial charge in [0.2, 0.25) is 0 Å². The van der Waals surface area contributed by atoms with Gasteiger partial charge in [-0.25, -0.2) is 0 Å². The maximum atomic E-state index is 6.15. The monoisotopic (exact) mass is 300 g/mol. The molecule has 0 bridgehead atoms. The van der Waals surface area contributed by atoms with Crippen molar-refractivity contribution in [2.24, 2.45) is 0 Å². The largest absolute Gasteiger partial charge is 0.314 e. The number of piperazine rings is 1. The molecule has 4 heteroatoms. The molecule has 2 nitrogen and oxygen atoms in total.